The molecule has 0 aromatic carbocycles. The smallest absolute Gasteiger partial charge is 0.0704 e. The number of halogens is 1. The Morgan fingerprint density at radius 3 is 2.64 bits per heavy atom. The van der Waals surface area contributed by atoms with E-state index in [9.17, 15) is 0 Å². The molecule has 0 saturated carbocycles. The predicted octanol–water partition coefficient (Wildman–Crippen LogP) is 2.41. The molecule has 0 aliphatic carbocycles. The predicted molar refractivity (Wildman–Crippen MR) is 60.9 cm³/mol. The van der Waals surface area contributed by atoms with Gasteiger partial charge in [-0.25, -0.2) is 0 Å². The van der Waals surface area contributed by atoms with Crippen LogP contribution in [0.4, 0.5) is 0 Å². The maximum Gasteiger partial charge on any atom is 0.0704 e. The highest BCUT2D eigenvalue weighted by atomic mass is 35.5. The number of rotatable bonds is 5. The molecular weight excluding hydrogens is 198 g/mol. The number of ether oxygens (including phenoxy) is 1. The summed E-state index contributed by atoms with van der Waals surface area (Å²) < 4.78 is 5.71. The van der Waals surface area contributed by atoms with Gasteiger partial charge in [0.15, 0.2) is 0 Å². The summed E-state index contributed by atoms with van der Waals surface area (Å²) in [5.41, 5.74) is 0.186. The molecule has 0 aromatic rings. The van der Waals surface area contributed by atoms with Crippen LogP contribution in [0.25, 0.3) is 0 Å². The highest BCUT2D eigenvalue weighted by Crippen LogP contribution is 2.19. The first-order valence-electron chi connectivity index (χ1n) is 5.45. The monoisotopic (exact) mass is 219 g/mol. The fourth-order valence-electron chi connectivity index (χ4n) is 1.65. The fourth-order valence-corrected chi connectivity index (χ4v) is 1.75. The van der Waals surface area contributed by atoms with Crippen molar-refractivity contribution < 1.29 is 4.74 Å². The van der Waals surface area contributed by atoms with Crippen molar-refractivity contribution in [2.45, 2.75) is 45.8 Å². The maximum absolute atomic E-state index is 5.84. The molecule has 84 valence electrons. The lowest BCUT2D eigenvalue weighted by Gasteiger charge is -2.23. The average Bonchev–Trinajstić information content (AvgIpc) is 2.51. The van der Waals surface area contributed by atoms with Crippen LogP contribution < -0.4 is 5.32 Å². The van der Waals surface area contributed by atoms with E-state index < -0.39 is 0 Å². The van der Waals surface area contributed by atoms with Crippen molar-refractivity contribution in [3.8, 4) is 0 Å². The lowest BCUT2D eigenvalue weighted by Crippen LogP contribution is -2.35. The van der Waals surface area contributed by atoms with E-state index in [1.165, 1.54) is 12.8 Å². The van der Waals surface area contributed by atoms with Gasteiger partial charge in [0.2, 0.25) is 0 Å². The Morgan fingerprint density at radius 2 is 2.14 bits per heavy atom. The number of nitrogens with one attached hydrogen (secondary N) is 1. The van der Waals surface area contributed by atoms with Crippen LogP contribution in [-0.4, -0.2) is 31.2 Å². The van der Waals surface area contributed by atoms with Crippen LogP contribution >= 0.6 is 11.6 Å². The van der Waals surface area contributed by atoms with E-state index in [0.717, 1.165) is 13.1 Å². The van der Waals surface area contributed by atoms with Crippen LogP contribution in [0.2, 0.25) is 0 Å². The first kappa shape index (κ1) is 12.3. The van der Waals surface area contributed by atoms with Crippen LogP contribution in [0, 0.1) is 5.41 Å². The zero-order valence-corrected chi connectivity index (χ0v) is 10.2. The van der Waals surface area contributed by atoms with Gasteiger partial charge < -0.3 is 10.1 Å². The summed E-state index contributed by atoms with van der Waals surface area (Å²) >= 11 is 5.84. The Bertz CT molecular complexity index is 173. The number of alkyl halides is 1. The Hall–Kier alpha value is 0.210. The molecule has 0 radical (unpaired) electrons. The third-order valence-electron chi connectivity index (χ3n) is 2.66. The molecule has 14 heavy (non-hydrogen) atoms. The van der Waals surface area contributed by atoms with Gasteiger partial charge in [-0.3, -0.25) is 0 Å². The molecule has 1 fully saturated rings. The Kier molecular flexibility index (Phi) is 4.68. The molecule has 0 aromatic heterocycles. The second-order valence-electron chi connectivity index (χ2n) is 5.07. The summed E-state index contributed by atoms with van der Waals surface area (Å²) in [6.45, 7) is 8.41. The molecule has 2 unspecified atom stereocenters. The molecule has 1 rings (SSSR count). The summed E-state index contributed by atoms with van der Waals surface area (Å²) in [4.78, 5) is 0. The molecule has 1 saturated heterocycles. The van der Waals surface area contributed by atoms with Gasteiger partial charge in [-0.15, -0.1) is 11.6 Å². The molecule has 0 bridgehead atoms. The number of hydrogen-bond donors (Lipinski definition) is 1. The first-order valence-corrected chi connectivity index (χ1v) is 5.99. The summed E-state index contributed by atoms with van der Waals surface area (Å²) in [6, 6.07) is 0. The minimum Gasteiger partial charge on any atom is -0.374 e. The summed E-state index contributed by atoms with van der Waals surface area (Å²) in [5, 5.41) is 3.43. The SMILES string of the molecule is CC1CCC(CNCC(C)(C)CCl)O1. The van der Waals surface area contributed by atoms with Gasteiger partial charge in [0.1, 0.15) is 0 Å². The van der Waals surface area contributed by atoms with Gasteiger partial charge in [-0.2, -0.15) is 0 Å². The molecule has 2 nitrogen and oxygen atoms in total. The molecule has 1 N–H and O–H groups in total. The van der Waals surface area contributed by atoms with Crippen molar-refractivity contribution >= 4 is 11.6 Å². The number of hydrogen-bond acceptors (Lipinski definition) is 2. The van der Waals surface area contributed by atoms with Crippen molar-refractivity contribution in [3.05, 3.63) is 0 Å². The lowest BCUT2D eigenvalue weighted by atomic mass is 9.96. The van der Waals surface area contributed by atoms with Gasteiger partial charge in [-0.05, 0) is 25.2 Å². The van der Waals surface area contributed by atoms with E-state index in [1.54, 1.807) is 0 Å². The standard InChI is InChI=1S/C11H22ClNO/c1-9-4-5-10(14-9)6-13-8-11(2,3)7-12/h9-10,13H,4-8H2,1-3H3. The zero-order chi connectivity index (χ0) is 10.6. The quantitative estimate of drug-likeness (QED) is 0.718. The van der Waals surface area contributed by atoms with E-state index in [4.69, 9.17) is 16.3 Å². The first-order chi connectivity index (χ1) is 6.53. The molecule has 2 atom stereocenters. The summed E-state index contributed by atoms with van der Waals surface area (Å²) in [5.74, 6) is 0.696. The molecule has 0 spiro atoms. The zero-order valence-electron chi connectivity index (χ0n) is 9.48. The van der Waals surface area contributed by atoms with E-state index in [-0.39, 0.29) is 5.41 Å². The summed E-state index contributed by atoms with van der Waals surface area (Å²) in [6.07, 6.45) is 3.25. The minimum atomic E-state index is 0.186. The topological polar surface area (TPSA) is 21.3 Å². The Morgan fingerprint density at radius 1 is 1.43 bits per heavy atom. The van der Waals surface area contributed by atoms with Crippen LogP contribution in [-0.2, 0) is 4.74 Å². The lowest BCUT2D eigenvalue weighted by molar-refractivity contribution is 0.0549. The molecule has 1 heterocycles. The van der Waals surface area contributed by atoms with Crippen molar-refractivity contribution in [1.29, 1.82) is 0 Å². The summed E-state index contributed by atoms with van der Waals surface area (Å²) in [7, 11) is 0. The van der Waals surface area contributed by atoms with Gasteiger partial charge in [0.05, 0.1) is 12.2 Å². The van der Waals surface area contributed by atoms with Gasteiger partial charge in [0.25, 0.3) is 0 Å². The van der Waals surface area contributed by atoms with Crippen molar-refractivity contribution in [1.82, 2.24) is 5.32 Å². The average molecular weight is 220 g/mol. The van der Waals surface area contributed by atoms with Crippen LogP contribution in [0.15, 0.2) is 0 Å². The van der Waals surface area contributed by atoms with Gasteiger partial charge in [0, 0.05) is 19.0 Å². The van der Waals surface area contributed by atoms with Crippen molar-refractivity contribution in [2.75, 3.05) is 19.0 Å². The normalized spacial score (nSPS) is 28.3. The van der Waals surface area contributed by atoms with Crippen LogP contribution in [0.3, 0.4) is 0 Å². The van der Waals surface area contributed by atoms with Crippen LogP contribution in [0.5, 0.6) is 0 Å². The van der Waals surface area contributed by atoms with E-state index in [2.05, 4.69) is 26.1 Å². The van der Waals surface area contributed by atoms with Crippen LogP contribution in [0.1, 0.15) is 33.6 Å². The highest BCUT2D eigenvalue weighted by Gasteiger charge is 2.22. The third-order valence-corrected chi connectivity index (χ3v) is 3.38. The highest BCUT2D eigenvalue weighted by molar-refractivity contribution is 6.18. The van der Waals surface area contributed by atoms with Gasteiger partial charge in [-0.1, -0.05) is 13.8 Å². The van der Waals surface area contributed by atoms with E-state index in [0.29, 0.717) is 18.1 Å². The van der Waals surface area contributed by atoms with E-state index in [1.807, 2.05) is 0 Å². The fraction of sp³-hybridized carbons (Fsp3) is 1.00. The molecule has 1 aliphatic heterocycles. The maximum atomic E-state index is 5.84. The van der Waals surface area contributed by atoms with Gasteiger partial charge >= 0.3 is 0 Å². The second kappa shape index (κ2) is 5.34. The minimum absolute atomic E-state index is 0.186. The Balaban J connectivity index is 2.10. The molecule has 3 heteroatoms. The van der Waals surface area contributed by atoms with Crippen molar-refractivity contribution in [2.24, 2.45) is 5.41 Å². The third kappa shape index (κ3) is 4.16. The molecule has 1 aliphatic rings. The van der Waals surface area contributed by atoms with E-state index >= 15 is 0 Å². The van der Waals surface area contributed by atoms with Crippen molar-refractivity contribution in [3.63, 3.8) is 0 Å². The molecular formula is C11H22ClNO. The second-order valence-corrected chi connectivity index (χ2v) is 5.34. The Labute approximate surface area is 92.3 Å². The molecule has 0 amide bonds. The largest absolute Gasteiger partial charge is 0.374 e.